The van der Waals surface area contributed by atoms with Crippen LogP contribution in [0.3, 0.4) is 0 Å². The molecule has 2 aliphatic rings. The molecule has 0 N–H and O–H groups in total. The summed E-state index contributed by atoms with van der Waals surface area (Å²) >= 11 is 10.00. The molecule has 1 aromatic heterocycles. The Kier molecular flexibility index (Phi) is 5.35. The first-order valence-corrected chi connectivity index (χ1v) is 13.9. The minimum Gasteiger partial charge on any atom is -0.380 e. The molecule has 176 valence electrons. The van der Waals surface area contributed by atoms with Crippen LogP contribution in [-0.4, -0.2) is 50.1 Å². The molecule has 2 aliphatic heterocycles. The SMILES string of the molecule is Cc1ccc(S(=O)(=O)n2c3ccc(Cl)cc3c3cc(Br)cc(CCN4CC5(COC5)C4)c32)cc1. The highest BCUT2D eigenvalue weighted by atomic mass is 79.9. The molecule has 0 aliphatic carbocycles. The molecule has 2 saturated heterocycles. The summed E-state index contributed by atoms with van der Waals surface area (Å²) < 4.78 is 35.8. The number of fused-ring (bicyclic) bond motifs is 3. The van der Waals surface area contributed by atoms with Crippen LogP contribution in [-0.2, 0) is 21.2 Å². The summed E-state index contributed by atoms with van der Waals surface area (Å²) in [5.74, 6) is 0. The van der Waals surface area contributed by atoms with Crippen molar-refractivity contribution in [2.24, 2.45) is 5.41 Å². The van der Waals surface area contributed by atoms with Gasteiger partial charge in [-0.15, -0.1) is 0 Å². The number of nitrogens with zero attached hydrogens (tertiary/aromatic N) is 2. The maximum absolute atomic E-state index is 14.0. The van der Waals surface area contributed by atoms with E-state index in [1.54, 1.807) is 24.3 Å². The van der Waals surface area contributed by atoms with E-state index in [0.29, 0.717) is 16.0 Å². The van der Waals surface area contributed by atoms with Crippen molar-refractivity contribution < 1.29 is 13.2 Å². The number of aromatic nitrogens is 1. The van der Waals surface area contributed by atoms with Gasteiger partial charge in [0.2, 0.25) is 0 Å². The van der Waals surface area contributed by atoms with Crippen molar-refractivity contribution in [3.05, 3.63) is 75.2 Å². The largest absolute Gasteiger partial charge is 0.380 e. The van der Waals surface area contributed by atoms with Crippen LogP contribution in [0.25, 0.3) is 21.8 Å². The number of likely N-dealkylation sites (tertiary alicyclic amines) is 1. The molecular formula is C26H24BrClN2O3S. The zero-order chi connectivity index (χ0) is 23.7. The Balaban J connectivity index is 1.51. The van der Waals surface area contributed by atoms with E-state index < -0.39 is 10.0 Å². The number of hydrogen-bond acceptors (Lipinski definition) is 4. The van der Waals surface area contributed by atoms with Crippen LogP contribution in [0, 0.1) is 12.3 Å². The third-order valence-electron chi connectivity index (χ3n) is 7.02. The van der Waals surface area contributed by atoms with Gasteiger partial charge in [0.05, 0.1) is 29.1 Å². The highest BCUT2D eigenvalue weighted by Crippen LogP contribution is 2.40. The maximum Gasteiger partial charge on any atom is 0.268 e. The molecule has 3 aromatic carbocycles. The van der Waals surface area contributed by atoms with E-state index in [1.807, 2.05) is 37.3 Å². The third-order valence-corrected chi connectivity index (χ3v) is 9.44. The lowest BCUT2D eigenvalue weighted by atomic mass is 9.78. The van der Waals surface area contributed by atoms with Crippen LogP contribution >= 0.6 is 27.5 Å². The molecule has 0 radical (unpaired) electrons. The topological polar surface area (TPSA) is 51.5 Å². The Labute approximate surface area is 212 Å². The first kappa shape index (κ1) is 22.6. The van der Waals surface area contributed by atoms with Crippen molar-refractivity contribution in [3.8, 4) is 0 Å². The Bertz CT molecular complexity index is 1530. The molecule has 0 unspecified atom stereocenters. The predicted octanol–water partition coefficient (Wildman–Crippen LogP) is 5.63. The zero-order valence-electron chi connectivity index (χ0n) is 18.7. The average molecular weight is 560 g/mol. The van der Waals surface area contributed by atoms with Crippen LogP contribution in [0.5, 0.6) is 0 Å². The monoisotopic (exact) mass is 558 g/mol. The first-order valence-electron chi connectivity index (χ1n) is 11.3. The van der Waals surface area contributed by atoms with Crippen LogP contribution in [0.2, 0.25) is 5.02 Å². The number of benzene rings is 3. The summed E-state index contributed by atoms with van der Waals surface area (Å²) in [7, 11) is -3.83. The van der Waals surface area contributed by atoms with Gasteiger partial charge in [-0.05, 0) is 61.4 Å². The van der Waals surface area contributed by atoms with Crippen LogP contribution in [0.4, 0.5) is 0 Å². The molecule has 0 bridgehead atoms. The van der Waals surface area contributed by atoms with Gasteiger partial charge in [-0.1, -0.05) is 45.2 Å². The van der Waals surface area contributed by atoms with E-state index >= 15 is 0 Å². The van der Waals surface area contributed by atoms with Crippen molar-refractivity contribution >= 4 is 59.4 Å². The van der Waals surface area contributed by atoms with Crippen LogP contribution in [0.1, 0.15) is 11.1 Å². The second-order valence-electron chi connectivity index (χ2n) is 9.66. The van der Waals surface area contributed by atoms with Gasteiger partial charge in [0, 0.05) is 45.3 Å². The highest BCUT2D eigenvalue weighted by Gasteiger charge is 2.48. The van der Waals surface area contributed by atoms with E-state index in [4.69, 9.17) is 16.3 Å². The van der Waals surface area contributed by atoms with Gasteiger partial charge in [0.15, 0.2) is 0 Å². The molecule has 8 heteroatoms. The summed E-state index contributed by atoms with van der Waals surface area (Å²) in [6.45, 7) is 6.63. The van der Waals surface area contributed by atoms with E-state index in [2.05, 4.69) is 20.8 Å². The molecule has 0 amide bonds. The summed E-state index contributed by atoms with van der Waals surface area (Å²) in [6.07, 6.45) is 0.750. The molecule has 1 spiro atoms. The lowest BCUT2D eigenvalue weighted by molar-refractivity contribution is -0.188. The van der Waals surface area contributed by atoms with E-state index in [1.165, 1.54) is 3.97 Å². The molecule has 5 nitrogen and oxygen atoms in total. The fraction of sp³-hybridized carbons (Fsp3) is 0.308. The quantitative estimate of drug-likeness (QED) is 0.318. The van der Waals surface area contributed by atoms with Crippen molar-refractivity contribution in [1.29, 1.82) is 0 Å². The van der Waals surface area contributed by atoms with Crippen LogP contribution in [0.15, 0.2) is 64.0 Å². The standard InChI is InChI=1S/C26H24BrClN2O3S/c1-17-2-5-21(6-3-17)34(31,32)30-24-7-4-20(28)12-22(24)23-11-19(27)10-18(25(23)30)8-9-29-13-26(14-29)15-33-16-26/h2-7,10-12H,8-9,13-16H2,1H3. The summed E-state index contributed by atoms with van der Waals surface area (Å²) in [6, 6.07) is 16.5. The Hall–Kier alpha value is -1.90. The van der Waals surface area contributed by atoms with Crippen molar-refractivity contribution in [2.75, 3.05) is 32.8 Å². The normalized spacial score (nSPS) is 17.9. The zero-order valence-corrected chi connectivity index (χ0v) is 21.9. The van der Waals surface area contributed by atoms with Gasteiger partial charge in [0.1, 0.15) is 0 Å². The highest BCUT2D eigenvalue weighted by molar-refractivity contribution is 9.10. The van der Waals surface area contributed by atoms with Gasteiger partial charge in [-0.3, -0.25) is 0 Å². The fourth-order valence-corrected chi connectivity index (χ4v) is 7.53. The van der Waals surface area contributed by atoms with Crippen molar-refractivity contribution in [3.63, 3.8) is 0 Å². The predicted molar refractivity (Wildman–Crippen MR) is 139 cm³/mol. The first-order chi connectivity index (χ1) is 16.3. The van der Waals surface area contributed by atoms with Crippen molar-refractivity contribution in [2.45, 2.75) is 18.2 Å². The molecule has 6 rings (SSSR count). The molecule has 0 atom stereocenters. The maximum atomic E-state index is 14.0. The number of aryl methyl sites for hydroxylation is 1. The van der Waals surface area contributed by atoms with E-state index in [-0.39, 0.29) is 4.90 Å². The number of rotatable bonds is 5. The van der Waals surface area contributed by atoms with Gasteiger partial charge in [-0.2, -0.15) is 0 Å². The molecule has 2 fully saturated rings. The molecule has 0 saturated carbocycles. The second kappa shape index (κ2) is 8.07. The van der Waals surface area contributed by atoms with E-state index in [9.17, 15) is 8.42 Å². The summed E-state index contributed by atoms with van der Waals surface area (Å²) in [5.41, 5.74) is 3.73. The lowest BCUT2D eigenvalue weighted by Crippen LogP contribution is -2.66. The van der Waals surface area contributed by atoms with Gasteiger partial charge < -0.3 is 9.64 Å². The Morgan fingerprint density at radius 1 is 1.03 bits per heavy atom. The summed E-state index contributed by atoms with van der Waals surface area (Å²) in [4.78, 5) is 2.70. The van der Waals surface area contributed by atoms with Gasteiger partial charge >= 0.3 is 0 Å². The molecule has 4 aromatic rings. The molecule has 3 heterocycles. The number of hydrogen-bond donors (Lipinski definition) is 0. The molecular weight excluding hydrogens is 536 g/mol. The Morgan fingerprint density at radius 2 is 1.76 bits per heavy atom. The smallest absolute Gasteiger partial charge is 0.268 e. The minimum absolute atomic E-state index is 0.274. The minimum atomic E-state index is -3.83. The van der Waals surface area contributed by atoms with Gasteiger partial charge in [0.25, 0.3) is 10.0 Å². The Morgan fingerprint density at radius 3 is 2.44 bits per heavy atom. The van der Waals surface area contributed by atoms with Gasteiger partial charge in [-0.25, -0.2) is 12.4 Å². The summed E-state index contributed by atoms with van der Waals surface area (Å²) in [5, 5.41) is 2.29. The van der Waals surface area contributed by atoms with Crippen LogP contribution < -0.4 is 0 Å². The molecule has 34 heavy (non-hydrogen) atoms. The van der Waals surface area contributed by atoms with E-state index in [0.717, 1.165) is 71.2 Å². The lowest BCUT2D eigenvalue weighted by Gasteiger charge is -2.55. The van der Waals surface area contributed by atoms with Crippen molar-refractivity contribution in [1.82, 2.24) is 8.87 Å². The third kappa shape index (κ3) is 3.60. The second-order valence-corrected chi connectivity index (χ2v) is 12.8. The average Bonchev–Trinajstić information content (AvgIpc) is 3.06. The fourth-order valence-electron chi connectivity index (χ4n) is 5.29. The number of ether oxygens (including phenoxy) is 1. The number of halogens is 2.